The van der Waals surface area contributed by atoms with E-state index in [-0.39, 0.29) is 24.4 Å². The van der Waals surface area contributed by atoms with Crippen LogP contribution in [-0.2, 0) is 9.59 Å². The predicted molar refractivity (Wildman–Crippen MR) is 52.5 cm³/mol. The van der Waals surface area contributed by atoms with Crippen molar-refractivity contribution in [3.8, 4) is 0 Å². The van der Waals surface area contributed by atoms with Gasteiger partial charge in [0.25, 0.3) is 0 Å². The molecule has 0 unspecified atom stereocenters. The van der Waals surface area contributed by atoms with Gasteiger partial charge in [0, 0.05) is 26.1 Å². The molecule has 0 bridgehead atoms. The third-order valence-electron chi connectivity index (χ3n) is 2.46. The van der Waals surface area contributed by atoms with Gasteiger partial charge in [0.05, 0.1) is 6.54 Å². The fraction of sp³-hybridized carbons (Fsp3) is 0.778. The van der Waals surface area contributed by atoms with E-state index in [1.54, 1.807) is 4.90 Å². The second-order valence-electron chi connectivity index (χ2n) is 3.52. The largest absolute Gasteiger partial charge is 0.354 e. The summed E-state index contributed by atoms with van der Waals surface area (Å²) in [5.41, 5.74) is 5.29. The van der Waals surface area contributed by atoms with Gasteiger partial charge in [0.15, 0.2) is 0 Å². The summed E-state index contributed by atoms with van der Waals surface area (Å²) in [6, 6.07) is 0.134. The number of nitrogens with one attached hydrogen (secondary N) is 1. The summed E-state index contributed by atoms with van der Waals surface area (Å²) in [4.78, 5) is 23.8. The molecular weight excluding hydrogens is 182 g/mol. The zero-order valence-electron chi connectivity index (χ0n) is 8.45. The molecule has 5 nitrogen and oxygen atoms in total. The predicted octanol–water partition coefficient (Wildman–Crippen LogP) is -0.928. The number of carbonyl (C=O) groups is 2. The van der Waals surface area contributed by atoms with Gasteiger partial charge in [-0.15, -0.1) is 0 Å². The van der Waals surface area contributed by atoms with Gasteiger partial charge >= 0.3 is 0 Å². The van der Waals surface area contributed by atoms with Crippen LogP contribution in [0.15, 0.2) is 0 Å². The van der Waals surface area contributed by atoms with Gasteiger partial charge in [0.1, 0.15) is 0 Å². The smallest absolute Gasteiger partial charge is 0.236 e. The van der Waals surface area contributed by atoms with E-state index in [9.17, 15) is 9.59 Å². The van der Waals surface area contributed by atoms with E-state index in [1.165, 1.54) is 6.92 Å². The number of hydrogen-bond acceptors (Lipinski definition) is 3. The van der Waals surface area contributed by atoms with Gasteiger partial charge in [-0.25, -0.2) is 0 Å². The summed E-state index contributed by atoms with van der Waals surface area (Å²) in [6.07, 6.45) is 1.95. The van der Waals surface area contributed by atoms with Crippen molar-refractivity contribution in [2.24, 2.45) is 5.73 Å². The Morgan fingerprint density at radius 3 is 2.86 bits per heavy atom. The normalized spacial score (nSPS) is 21.0. The molecule has 1 fully saturated rings. The van der Waals surface area contributed by atoms with E-state index in [0.29, 0.717) is 6.54 Å². The van der Waals surface area contributed by atoms with Crippen LogP contribution in [0, 0.1) is 0 Å². The van der Waals surface area contributed by atoms with E-state index >= 15 is 0 Å². The third-order valence-corrected chi connectivity index (χ3v) is 2.46. The number of likely N-dealkylation sites (tertiary alicyclic amines) is 1. The molecule has 0 aromatic carbocycles. The van der Waals surface area contributed by atoms with Crippen molar-refractivity contribution in [3.05, 3.63) is 0 Å². The summed E-state index contributed by atoms with van der Waals surface area (Å²) in [6.45, 7) is 2.84. The van der Waals surface area contributed by atoms with Crippen LogP contribution in [0.4, 0.5) is 0 Å². The SMILES string of the molecule is CC(=O)NC[C@@H]1CCCN1C(=O)CN. The van der Waals surface area contributed by atoms with Crippen molar-refractivity contribution in [2.45, 2.75) is 25.8 Å². The minimum Gasteiger partial charge on any atom is -0.354 e. The lowest BCUT2D eigenvalue weighted by atomic mass is 10.2. The number of nitrogens with zero attached hydrogens (tertiary/aromatic N) is 1. The molecule has 1 saturated heterocycles. The van der Waals surface area contributed by atoms with Gasteiger partial charge in [-0.1, -0.05) is 0 Å². The summed E-state index contributed by atoms with van der Waals surface area (Å²) in [5, 5.41) is 2.72. The third kappa shape index (κ3) is 2.70. The highest BCUT2D eigenvalue weighted by Gasteiger charge is 2.27. The minimum atomic E-state index is -0.0583. The van der Waals surface area contributed by atoms with E-state index < -0.39 is 0 Å². The van der Waals surface area contributed by atoms with Gasteiger partial charge in [-0.2, -0.15) is 0 Å². The van der Waals surface area contributed by atoms with Gasteiger partial charge in [0.2, 0.25) is 11.8 Å². The van der Waals surface area contributed by atoms with Crippen LogP contribution in [0.1, 0.15) is 19.8 Å². The molecule has 2 amide bonds. The van der Waals surface area contributed by atoms with Crippen LogP contribution in [-0.4, -0.2) is 42.4 Å². The molecule has 14 heavy (non-hydrogen) atoms. The van der Waals surface area contributed by atoms with Crippen LogP contribution in [0.3, 0.4) is 0 Å². The highest BCUT2D eigenvalue weighted by atomic mass is 16.2. The molecule has 1 aliphatic heterocycles. The lowest BCUT2D eigenvalue weighted by Gasteiger charge is -2.24. The van der Waals surface area contributed by atoms with E-state index in [4.69, 9.17) is 5.73 Å². The van der Waals surface area contributed by atoms with Gasteiger partial charge in [-0.05, 0) is 12.8 Å². The maximum absolute atomic E-state index is 11.4. The summed E-state index contributed by atoms with van der Waals surface area (Å²) in [7, 11) is 0. The van der Waals surface area contributed by atoms with Crippen LogP contribution in [0.5, 0.6) is 0 Å². The molecule has 3 N–H and O–H groups in total. The van der Waals surface area contributed by atoms with Crippen molar-refractivity contribution in [3.63, 3.8) is 0 Å². The monoisotopic (exact) mass is 199 g/mol. The first kappa shape index (κ1) is 11.0. The van der Waals surface area contributed by atoms with E-state index in [1.807, 2.05) is 0 Å². The molecule has 0 aliphatic carbocycles. The summed E-state index contributed by atoms with van der Waals surface area (Å²) < 4.78 is 0. The molecule has 1 rings (SSSR count). The maximum Gasteiger partial charge on any atom is 0.236 e. The zero-order valence-corrected chi connectivity index (χ0v) is 8.45. The summed E-state index contributed by atoms with van der Waals surface area (Å²) >= 11 is 0. The zero-order chi connectivity index (χ0) is 10.6. The fourth-order valence-electron chi connectivity index (χ4n) is 1.76. The molecule has 1 aliphatic rings. The molecule has 0 aromatic heterocycles. The molecule has 0 radical (unpaired) electrons. The Bertz CT molecular complexity index is 230. The van der Waals surface area contributed by atoms with E-state index in [2.05, 4.69) is 5.32 Å². The lowest BCUT2D eigenvalue weighted by molar-refractivity contribution is -0.131. The highest BCUT2D eigenvalue weighted by Crippen LogP contribution is 2.16. The lowest BCUT2D eigenvalue weighted by Crippen LogP contribution is -2.44. The van der Waals surface area contributed by atoms with Crippen molar-refractivity contribution in [1.29, 1.82) is 0 Å². The minimum absolute atomic E-state index is 0.0298. The number of amides is 2. The standard InChI is InChI=1S/C9H17N3O2/c1-7(13)11-6-8-3-2-4-12(8)9(14)5-10/h8H,2-6,10H2,1H3,(H,11,13)/t8-/m0/s1. The average Bonchev–Trinajstić information content (AvgIpc) is 2.61. The Hall–Kier alpha value is -1.10. The molecule has 1 atom stereocenters. The van der Waals surface area contributed by atoms with Crippen LogP contribution in [0.25, 0.3) is 0 Å². The molecule has 5 heteroatoms. The Morgan fingerprint density at radius 1 is 1.57 bits per heavy atom. The maximum atomic E-state index is 11.4. The van der Waals surface area contributed by atoms with Crippen LogP contribution in [0.2, 0.25) is 0 Å². The van der Waals surface area contributed by atoms with Crippen molar-refractivity contribution in [2.75, 3.05) is 19.6 Å². The number of carbonyl (C=O) groups excluding carboxylic acids is 2. The first-order valence-corrected chi connectivity index (χ1v) is 4.89. The number of rotatable bonds is 3. The molecule has 80 valence electrons. The van der Waals surface area contributed by atoms with Crippen molar-refractivity contribution >= 4 is 11.8 Å². The van der Waals surface area contributed by atoms with Crippen LogP contribution < -0.4 is 11.1 Å². The first-order valence-electron chi connectivity index (χ1n) is 4.89. The van der Waals surface area contributed by atoms with Crippen LogP contribution >= 0.6 is 0 Å². The molecule has 1 heterocycles. The van der Waals surface area contributed by atoms with Gasteiger partial charge in [-0.3, -0.25) is 9.59 Å². The highest BCUT2D eigenvalue weighted by molar-refractivity contribution is 5.79. The van der Waals surface area contributed by atoms with Crippen molar-refractivity contribution in [1.82, 2.24) is 10.2 Å². The number of nitrogens with two attached hydrogens (primary N) is 1. The van der Waals surface area contributed by atoms with E-state index in [0.717, 1.165) is 19.4 Å². The molecule has 0 saturated carbocycles. The molecule has 0 spiro atoms. The fourth-order valence-corrected chi connectivity index (χ4v) is 1.76. The Kier molecular flexibility index (Phi) is 3.88. The average molecular weight is 199 g/mol. The quantitative estimate of drug-likeness (QED) is 0.616. The number of hydrogen-bond donors (Lipinski definition) is 2. The van der Waals surface area contributed by atoms with Crippen molar-refractivity contribution < 1.29 is 9.59 Å². The topological polar surface area (TPSA) is 75.4 Å². The second kappa shape index (κ2) is 4.95. The molecular formula is C9H17N3O2. The Labute approximate surface area is 83.6 Å². The first-order chi connectivity index (χ1) is 6.65. The molecule has 0 aromatic rings. The Morgan fingerprint density at radius 2 is 2.29 bits per heavy atom. The van der Waals surface area contributed by atoms with Gasteiger partial charge < -0.3 is 16.0 Å². The Balaban J connectivity index is 2.42. The summed E-state index contributed by atoms with van der Waals surface area (Å²) in [5.74, 6) is -0.0881. The second-order valence-corrected chi connectivity index (χ2v) is 3.52.